The molecule has 0 unspecified atom stereocenters. The van der Waals surface area contributed by atoms with Gasteiger partial charge in [0.2, 0.25) is 5.69 Å². The standard InChI is InChI=1S/C20H28N3O2/c1-12(2)20(13(3)4)18-14-5-6-15(11-14)19(18)22(21-20)16-7-9-17(10-8-16)23(24)25/h7-10,12-15,18-19H,5-6,11H2,1-4H3/q+1/t14-,15+,18+,19-/m0/s1. The average molecular weight is 342 g/mol. The molecule has 0 amide bonds. The fourth-order valence-corrected chi connectivity index (χ4v) is 6.21. The Balaban J connectivity index is 1.82. The van der Waals surface area contributed by atoms with E-state index in [1.165, 1.54) is 19.3 Å². The lowest BCUT2D eigenvalue weighted by atomic mass is 9.63. The van der Waals surface area contributed by atoms with Gasteiger partial charge in [-0.1, -0.05) is 32.4 Å². The van der Waals surface area contributed by atoms with Crippen LogP contribution in [0.15, 0.2) is 29.4 Å². The highest BCUT2D eigenvalue weighted by molar-refractivity contribution is 5.40. The van der Waals surface area contributed by atoms with Gasteiger partial charge in [-0.25, -0.2) is 0 Å². The van der Waals surface area contributed by atoms with Crippen LogP contribution in [0.4, 0.5) is 11.4 Å². The van der Waals surface area contributed by atoms with Crippen LogP contribution in [0, 0.1) is 39.7 Å². The molecule has 2 fully saturated rings. The number of nitrogens with zero attached hydrogens (tertiary/aromatic N) is 3. The molecule has 25 heavy (non-hydrogen) atoms. The van der Waals surface area contributed by atoms with Gasteiger partial charge in [-0.2, -0.15) is 0 Å². The third-order valence-corrected chi connectivity index (χ3v) is 7.14. The lowest BCUT2D eigenvalue weighted by Gasteiger charge is -2.39. The summed E-state index contributed by atoms with van der Waals surface area (Å²) in [6.45, 7) is 9.25. The second kappa shape index (κ2) is 5.61. The summed E-state index contributed by atoms with van der Waals surface area (Å²) in [5, 5.41) is 16.3. The molecule has 4 atom stereocenters. The third-order valence-electron chi connectivity index (χ3n) is 7.14. The highest BCUT2D eigenvalue weighted by Crippen LogP contribution is 2.61. The quantitative estimate of drug-likeness (QED) is 0.430. The van der Waals surface area contributed by atoms with E-state index in [9.17, 15) is 10.1 Å². The maximum Gasteiger partial charge on any atom is 0.269 e. The molecule has 1 aromatic carbocycles. The Hall–Kier alpha value is -1.78. The topological polar surface area (TPSA) is 58.5 Å². The Bertz CT molecular complexity index is 715. The van der Waals surface area contributed by atoms with E-state index in [0.717, 1.165) is 11.6 Å². The Morgan fingerprint density at radius 1 is 1.12 bits per heavy atom. The van der Waals surface area contributed by atoms with Crippen LogP contribution in [0.25, 0.3) is 0 Å². The molecule has 2 aliphatic carbocycles. The highest BCUT2D eigenvalue weighted by atomic mass is 16.6. The second-order valence-electron chi connectivity index (χ2n) is 8.76. The maximum absolute atomic E-state index is 11.0. The van der Waals surface area contributed by atoms with Crippen molar-refractivity contribution in [2.24, 2.45) is 34.7 Å². The zero-order valence-corrected chi connectivity index (χ0v) is 15.6. The minimum absolute atomic E-state index is 0.0215. The maximum atomic E-state index is 11.0. The van der Waals surface area contributed by atoms with Gasteiger partial charge in [0.05, 0.1) is 10.8 Å². The van der Waals surface area contributed by atoms with Crippen LogP contribution < -0.4 is 0 Å². The van der Waals surface area contributed by atoms with Crippen LogP contribution in [0.3, 0.4) is 0 Å². The van der Waals surface area contributed by atoms with Crippen molar-refractivity contribution in [3.8, 4) is 0 Å². The van der Waals surface area contributed by atoms with Gasteiger partial charge in [0.15, 0.2) is 6.04 Å². The number of hydrogen-bond donors (Lipinski definition) is 0. The molecule has 0 saturated heterocycles. The van der Waals surface area contributed by atoms with Gasteiger partial charge in [-0.15, -0.1) is 0 Å². The fourth-order valence-electron chi connectivity index (χ4n) is 6.21. The molecule has 0 radical (unpaired) electrons. The molecular formula is C20H28N3O2+. The number of benzene rings is 1. The normalized spacial score (nSPS) is 32.3. The van der Waals surface area contributed by atoms with Crippen LogP contribution in [0.1, 0.15) is 47.0 Å². The molecule has 2 saturated carbocycles. The van der Waals surface area contributed by atoms with Gasteiger partial charge in [0, 0.05) is 30.2 Å². The number of fused-ring (bicyclic) bond motifs is 5. The average Bonchev–Trinajstić information content (AvgIpc) is 3.26. The third kappa shape index (κ3) is 2.20. The van der Waals surface area contributed by atoms with E-state index in [1.807, 2.05) is 12.1 Å². The van der Waals surface area contributed by atoms with Crippen LogP contribution in [0.5, 0.6) is 0 Å². The minimum atomic E-state index is -0.336. The summed E-state index contributed by atoms with van der Waals surface area (Å²) in [6.07, 6.45) is 3.98. The smallest absolute Gasteiger partial charge is 0.258 e. The van der Waals surface area contributed by atoms with Gasteiger partial charge in [0.25, 0.3) is 5.69 Å². The zero-order chi connectivity index (χ0) is 17.9. The van der Waals surface area contributed by atoms with E-state index >= 15 is 0 Å². The van der Waals surface area contributed by atoms with Crippen LogP contribution in [-0.4, -0.2) is 21.2 Å². The van der Waals surface area contributed by atoms with Crippen molar-refractivity contribution in [3.63, 3.8) is 0 Å². The molecule has 1 aromatic rings. The molecule has 1 aliphatic heterocycles. The zero-order valence-electron chi connectivity index (χ0n) is 15.6. The van der Waals surface area contributed by atoms with Gasteiger partial charge >= 0.3 is 0 Å². The summed E-state index contributed by atoms with van der Waals surface area (Å²) in [5.74, 6) is 3.09. The molecule has 2 bridgehead atoms. The first-order chi connectivity index (χ1) is 11.9. The van der Waals surface area contributed by atoms with Crippen LogP contribution >= 0.6 is 0 Å². The van der Waals surface area contributed by atoms with Crippen LogP contribution in [0.2, 0.25) is 0 Å². The molecule has 0 aromatic heterocycles. The van der Waals surface area contributed by atoms with E-state index in [1.54, 1.807) is 12.1 Å². The monoisotopic (exact) mass is 342 g/mol. The molecule has 5 nitrogen and oxygen atoms in total. The van der Waals surface area contributed by atoms with Crippen molar-refractivity contribution in [3.05, 3.63) is 34.4 Å². The predicted octanol–water partition coefficient (Wildman–Crippen LogP) is 5.17. The molecule has 4 rings (SSSR count). The van der Waals surface area contributed by atoms with Crippen molar-refractivity contribution in [2.45, 2.75) is 58.5 Å². The molecule has 1 heterocycles. The van der Waals surface area contributed by atoms with Crippen LogP contribution in [-0.2, 0) is 0 Å². The fraction of sp³-hybridized carbons (Fsp3) is 0.700. The number of nitro groups is 1. The summed E-state index contributed by atoms with van der Waals surface area (Å²) < 4.78 is 2.25. The molecule has 134 valence electrons. The molecule has 0 spiro atoms. The number of hydrogen-bond acceptors (Lipinski definition) is 3. The Morgan fingerprint density at radius 3 is 2.28 bits per heavy atom. The van der Waals surface area contributed by atoms with Gasteiger partial charge in [0.1, 0.15) is 5.54 Å². The van der Waals surface area contributed by atoms with E-state index in [-0.39, 0.29) is 16.1 Å². The summed E-state index contributed by atoms with van der Waals surface area (Å²) in [4.78, 5) is 10.6. The van der Waals surface area contributed by atoms with Crippen molar-refractivity contribution in [1.29, 1.82) is 0 Å². The summed E-state index contributed by atoms with van der Waals surface area (Å²) in [5.41, 5.74) is 1.13. The lowest BCUT2D eigenvalue weighted by Crippen LogP contribution is -2.49. The summed E-state index contributed by atoms with van der Waals surface area (Å²) in [7, 11) is 0. The van der Waals surface area contributed by atoms with Gasteiger partial charge in [-0.3, -0.25) is 10.1 Å². The SMILES string of the molecule is CC(C)C1(C(C)C)N=[N+](c2ccc([N+](=O)[O-])cc2)[C@H]2[C@@H]3CC[C@@H](C3)[C@H]21. The first-order valence-electron chi connectivity index (χ1n) is 9.62. The van der Waals surface area contributed by atoms with Crippen molar-refractivity contribution in [2.75, 3.05) is 0 Å². The molecule has 0 N–H and O–H groups in total. The van der Waals surface area contributed by atoms with Crippen molar-refractivity contribution < 1.29 is 9.62 Å². The summed E-state index contributed by atoms with van der Waals surface area (Å²) in [6, 6.07) is 7.43. The first-order valence-corrected chi connectivity index (χ1v) is 9.62. The second-order valence-corrected chi connectivity index (χ2v) is 8.76. The highest BCUT2D eigenvalue weighted by Gasteiger charge is 2.69. The lowest BCUT2D eigenvalue weighted by molar-refractivity contribution is -0.550. The largest absolute Gasteiger partial charge is 0.269 e. The Morgan fingerprint density at radius 2 is 1.72 bits per heavy atom. The Labute approximate surface area is 149 Å². The van der Waals surface area contributed by atoms with Gasteiger partial charge < -0.3 is 0 Å². The number of rotatable bonds is 4. The van der Waals surface area contributed by atoms with Gasteiger partial charge in [-0.05, 0) is 42.1 Å². The van der Waals surface area contributed by atoms with Crippen molar-refractivity contribution in [1.82, 2.24) is 0 Å². The number of nitro benzene ring substituents is 1. The van der Waals surface area contributed by atoms with E-state index < -0.39 is 0 Å². The summed E-state index contributed by atoms with van der Waals surface area (Å²) >= 11 is 0. The van der Waals surface area contributed by atoms with Crippen molar-refractivity contribution >= 4 is 11.4 Å². The van der Waals surface area contributed by atoms with E-state index in [2.05, 4.69) is 32.4 Å². The molecular weight excluding hydrogens is 314 g/mol. The molecule has 5 heteroatoms. The minimum Gasteiger partial charge on any atom is -0.258 e. The molecule has 3 aliphatic rings. The van der Waals surface area contributed by atoms with E-state index in [4.69, 9.17) is 5.11 Å². The number of non-ortho nitro benzene ring substituents is 1. The first kappa shape index (κ1) is 16.7. The predicted molar refractivity (Wildman–Crippen MR) is 96.0 cm³/mol. The Kier molecular flexibility index (Phi) is 3.74. The van der Waals surface area contributed by atoms with E-state index in [0.29, 0.717) is 29.7 Å². The number of azo groups is 2.